The van der Waals surface area contributed by atoms with Crippen molar-refractivity contribution in [1.29, 1.82) is 0 Å². The van der Waals surface area contributed by atoms with E-state index >= 15 is 0 Å². The van der Waals surface area contributed by atoms with Crippen molar-refractivity contribution in [2.75, 3.05) is 6.61 Å². The number of hydrogen-bond donors (Lipinski definition) is 1. The van der Waals surface area contributed by atoms with Crippen molar-refractivity contribution in [1.82, 2.24) is 5.06 Å². The van der Waals surface area contributed by atoms with E-state index in [1.807, 2.05) is 0 Å². The minimum atomic E-state index is -0.713. The third kappa shape index (κ3) is 3.43. The minimum Gasteiger partial charge on any atom is -0.393 e. The van der Waals surface area contributed by atoms with Gasteiger partial charge in [0, 0.05) is 12.8 Å². The van der Waals surface area contributed by atoms with Crippen LogP contribution in [0.15, 0.2) is 11.6 Å². The maximum absolute atomic E-state index is 12.1. The highest BCUT2D eigenvalue weighted by Gasteiger charge is 2.58. The Hall–Kier alpha value is -1.73. The number of imide groups is 1. The fourth-order valence-corrected chi connectivity index (χ4v) is 7.76. The summed E-state index contributed by atoms with van der Waals surface area (Å²) in [6.07, 6.45) is 10.6. The number of amides is 2. The molecule has 0 spiro atoms. The molecule has 5 aliphatic rings. The topological polar surface area (TPSA) is 93.1 Å². The van der Waals surface area contributed by atoms with E-state index in [-0.39, 0.29) is 42.5 Å². The highest BCUT2D eigenvalue weighted by atomic mass is 16.7. The smallest absolute Gasteiger partial charge is 0.358 e. The highest BCUT2D eigenvalue weighted by Crippen LogP contribution is 2.65. The molecule has 32 heavy (non-hydrogen) atoms. The molecule has 5 rings (SSSR count). The third-order valence-corrected chi connectivity index (χ3v) is 9.64. The molecule has 0 bridgehead atoms. The van der Waals surface area contributed by atoms with E-state index in [9.17, 15) is 19.5 Å². The lowest BCUT2D eigenvalue weighted by atomic mass is 9.47. The maximum Gasteiger partial charge on any atom is 0.358 e. The molecule has 1 aliphatic heterocycles. The molecule has 7 nitrogen and oxygen atoms in total. The molecule has 1 saturated heterocycles. The number of carbonyl (C=O) groups excluding carboxylic acids is 3. The van der Waals surface area contributed by atoms with Crippen molar-refractivity contribution in [2.45, 2.75) is 90.3 Å². The Morgan fingerprint density at radius 3 is 2.53 bits per heavy atom. The van der Waals surface area contributed by atoms with Gasteiger partial charge >= 0.3 is 5.97 Å². The molecule has 1 heterocycles. The number of fused-ring (bicyclic) bond motifs is 5. The second kappa shape index (κ2) is 7.94. The Morgan fingerprint density at radius 1 is 1.03 bits per heavy atom. The van der Waals surface area contributed by atoms with Gasteiger partial charge < -0.3 is 14.7 Å². The minimum absolute atomic E-state index is 0.0847. The Bertz CT molecular complexity index is 837. The molecule has 7 atom stereocenters. The first kappa shape index (κ1) is 22.1. The number of rotatable bonds is 4. The molecule has 0 radical (unpaired) electrons. The summed E-state index contributed by atoms with van der Waals surface area (Å²) in [5, 5.41) is 11.2. The lowest BCUT2D eigenvalue weighted by Crippen LogP contribution is -2.51. The number of aliphatic hydroxyl groups is 1. The quantitative estimate of drug-likeness (QED) is 0.527. The Balaban J connectivity index is 1.22. The van der Waals surface area contributed by atoms with E-state index in [1.54, 1.807) is 0 Å². The Labute approximate surface area is 189 Å². The summed E-state index contributed by atoms with van der Waals surface area (Å²) in [6, 6.07) is 0. The molecule has 3 saturated carbocycles. The number of nitrogens with zero attached hydrogens (tertiary/aromatic N) is 1. The molecule has 0 aromatic rings. The van der Waals surface area contributed by atoms with Crippen LogP contribution in [0.4, 0.5) is 0 Å². The number of carbonyl (C=O) groups is 3. The van der Waals surface area contributed by atoms with Crippen molar-refractivity contribution in [3.63, 3.8) is 0 Å². The Kier molecular flexibility index (Phi) is 5.48. The summed E-state index contributed by atoms with van der Waals surface area (Å²) in [4.78, 5) is 40.2. The molecule has 2 amide bonds. The van der Waals surface area contributed by atoms with Crippen molar-refractivity contribution in [3.05, 3.63) is 11.6 Å². The first-order chi connectivity index (χ1) is 15.2. The van der Waals surface area contributed by atoms with Crippen LogP contribution in [0.25, 0.3) is 0 Å². The summed E-state index contributed by atoms with van der Waals surface area (Å²) in [5.74, 6) is 0.313. The zero-order valence-electron chi connectivity index (χ0n) is 19.2. The lowest BCUT2D eigenvalue weighted by molar-refractivity contribution is -0.201. The van der Waals surface area contributed by atoms with Gasteiger partial charge in [-0.1, -0.05) is 25.5 Å². The molecule has 4 fully saturated rings. The van der Waals surface area contributed by atoms with Crippen molar-refractivity contribution in [2.24, 2.45) is 28.6 Å². The van der Waals surface area contributed by atoms with Gasteiger partial charge in [-0.25, -0.2) is 4.79 Å². The lowest BCUT2D eigenvalue weighted by Gasteiger charge is -2.58. The van der Waals surface area contributed by atoms with Crippen LogP contribution in [0, 0.1) is 28.6 Å². The van der Waals surface area contributed by atoms with Crippen LogP contribution in [0.3, 0.4) is 0 Å². The van der Waals surface area contributed by atoms with Gasteiger partial charge in [0.2, 0.25) is 0 Å². The average Bonchev–Trinajstić information content (AvgIpc) is 3.25. The zero-order chi connectivity index (χ0) is 22.7. The largest absolute Gasteiger partial charge is 0.393 e. The van der Waals surface area contributed by atoms with Crippen LogP contribution < -0.4 is 0 Å². The molecular weight excluding hydrogens is 410 g/mol. The summed E-state index contributed by atoms with van der Waals surface area (Å²) in [5.41, 5.74) is 1.72. The summed E-state index contributed by atoms with van der Waals surface area (Å²) >= 11 is 0. The number of hydroxylamine groups is 2. The number of hydrogen-bond acceptors (Lipinski definition) is 6. The third-order valence-electron chi connectivity index (χ3n) is 9.64. The van der Waals surface area contributed by atoms with E-state index in [4.69, 9.17) is 9.57 Å². The fourth-order valence-electron chi connectivity index (χ4n) is 7.76. The monoisotopic (exact) mass is 445 g/mol. The van der Waals surface area contributed by atoms with E-state index in [2.05, 4.69) is 19.9 Å². The number of aliphatic hydroxyl groups excluding tert-OH is 1. The molecule has 7 heteroatoms. The van der Waals surface area contributed by atoms with Gasteiger partial charge in [0.15, 0.2) is 0 Å². The summed E-state index contributed by atoms with van der Waals surface area (Å²) < 4.78 is 5.82. The first-order valence-corrected chi connectivity index (χ1v) is 12.3. The normalized spacial score (nSPS) is 43.4. The van der Waals surface area contributed by atoms with Crippen LogP contribution in [0.1, 0.15) is 78.1 Å². The molecule has 176 valence electrons. The van der Waals surface area contributed by atoms with Crippen LogP contribution >= 0.6 is 0 Å². The second-order valence-electron chi connectivity index (χ2n) is 11.1. The van der Waals surface area contributed by atoms with E-state index in [0.717, 1.165) is 38.5 Å². The van der Waals surface area contributed by atoms with Crippen molar-refractivity contribution >= 4 is 17.8 Å². The van der Waals surface area contributed by atoms with Crippen LogP contribution in [0.5, 0.6) is 0 Å². The van der Waals surface area contributed by atoms with E-state index in [1.165, 1.54) is 18.4 Å². The molecular formula is C25H35NO6. The van der Waals surface area contributed by atoms with Gasteiger partial charge in [-0.05, 0) is 80.0 Å². The predicted molar refractivity (Wildman–Crippen MR) is 115 cm³/mol. The molecule has 4 aliphatic carbocycles. The van der Waals surface area contributed by atoms with Crippen LogP contribution in [0.2, 0.25) is 0 Å². The van der Waals surface area contributed by atoms with E-state index < -0.39 is 17.8 Å². The molecule has 1 N–H and O–H groups in total. The van der Waals surface area contributed by atoms with Gasteiger partial charge in [-0.3, -0.25) is 9.59 Å². The average molecular weight is 446 g/mol. The van der Waals surface area contributed by atoms with Crippen molar-refractivity contribution < 1.29 is 29.1 Å². The van der Waals surface area contributed by atoms with Crippen molar-refractivity contribution in [3.8, 4) is 0 Å². The van der Waals surface area contributed by atoms with Gasteiger partial charge in [0.1, 0.15) is 6.61 Å². The maximum atomic E-state index is 12.1. The summed E-state index contributed by atoms with van der Waals surface area (Å²) in [7, 11) is 0. The fraction of sp³-hybridized carbons (Fsp3) is 0.800. The predicted octanol–water partition coefficient (Wildman–Crippen LogP) is 3.30. The molecule has 0 aromatic carbocycles. The molecule has 6 unspecified atom stereocenters. The van der Waals surface area contributed by atoms with E-state index in [0.29, 0.717) is 22.8 Å². The summed E-state index contributed by atoms with van der Waals surface area (Å²) in [6.45, 7) is 4.46. The zero-order valence-corrected chi connectivity index (χ0v) is 19.2. The standard InChI is InChI=1S/C25H35NO6/c1-24-11-9-16(31-14-23(30)32-26-21(28)7-8-22(26)29)13-15(24)3-4-17-18-5-6-20(27)25(18,2)12-10-19(17)24/h13,16-20,27H,3-12,14H2,1-2H3/t16-,17?,18?,19?,20?,24?,25?/m1/s1. The van der Waals surface area contributed by atoms with Crippen LogP contribution in [-0.4, -0.2) is 46.8 Å². The van der Waals surface area contributed by atoms with Gasteiger partial charge in [0.25, 0.3) is 11.8 Å². The number of allylic oxidation sites excluding steroid dienone is 1. The van der Waals surface area contributed by atoms with Gasteiger partial charge in [-0.15, -0.1) is 5.06 Å². The Morgan fingerprint density at radius 2 is 1.78 bits per heavy atom. The second-order valence-corrected chi connectivity index (χ2v) is 11.1. The molecule has 0 aromatic heterocycles. The van der Waals surface area contributed by atoms with Crippen LogP contribution in [-0.2, 0) is 24.0 Å². The van der Waals surface area contributed by atoms with Gasteiger partial charge in [0.05, 0.1) is 12.2 Å². The first-order valence-electron chi connectivity index (χ1n) is 12.3. The van der Waals surface area contributed by atoms with Gasteiger partial charge in [-0.2, -0.15) is 0 Å². The SMILES string of the molecule is CC12CC[C@@H](OCC(=O)ON3C(=O)CCC3=O)C=C1CCC1C2CCC2(C)C(O)CCC12. The number of ether oxygens (including phenoxy) is 1. The highest BCUT2D eigenvalue weighted by molar-refractivity contribution is 6.01.